The molecular formula is C21H16ClN3. The SMILES string of the molecule is Clc1ccc(-n2nc(-c3cccc4ccccc34)c3c2NCC3)cc1. The van der Waals surface area contributed by atoms with E-state index >= 15 is 0 Å². The van der Waals surface area contributed by atoms with Gasteiger partial charge in [0.1, 0.15) is 5.82 Å². The van der Waals surface area contributed by atoms with Gasteiger partial charge in [-0.15, -0.1) is 0 Å². The lowest BCUT2D eigenvalue weighted by molar-refractivity contribution is 0.883. The molecule has 0 bridgehead atoms. The van der Waals surface area contributed by atoms with E-state index in [1.165, 1.54) is 21.9 Å². The Labute approximate surface area is 150 Å². The zero-order valence-corrected chi connectivity index (χ0v) is 14.3. The second-order valence-corrected chi connectivity index (χ2v) is 6.70. The topological polar surface area (TPSA) is 29.9 Å². The van der Waals surface area contributed by atoms with E-state index in [0.717, 1.165) is 35.2 Å². The highest BCUT2D eigenvalue weighted by Gasteiger charge is 2.24. The van der Waals surface area contributed by atoms with Crippen molar-refractivity contribution < 1.29 is 0 Å². The Morgan fingerprint density at radius 2 is 1.72 bits per heavy atom. The van der Waals surface area contributed by atoms with Gasteiger partial charge in [0.2, 0.25) is 0 Å². The van der Waals surface area contributed by atoms with Crippen LogP contribution in [0.1, 0.15) is 5.56 Å². The van der Waals surface area contributed by atoms with Gasteiger partial charge in [0.15, 0.2) is 0 Å². The van der Waals surface area contributed by atoms with Crippen molar-refractivity contribution in [1.82, 2.24) is 9.78 Å². The maximum atomic E-state index is 6.04. The number of anilines is 1. The van der Waals surface area contributed by atoms with Gasteiger partial charge in [-0.25, -0.2) is 4.68 Å². The van der Waals surface area contributed by atoms with Crippen molar-refractivity contribution in [3.05, 3.63) is 77.3 Å². The van der Waals surface area contributed by atoms with Crippen molar-refractivity contribution in [2.45, 2.75) is 6.42 Å². The molecule has 3 nitrogen and oxygen atoms in total. The third kappa shape index (κ3) is 2.31. The van der Waals surface area contributed by atoms with Crippen LogP contribution in [-0.2, 0) is 6.42 Å². The van der Waals surface area contributed by atoms with Crippen LogP contribution >= 0.6 is 11.6 Å². The van der Waals surface area contributed by atoms with Crippen molar-refractivity contribution in [2.24, 2.45) is 0 Å². The molecule has 2 heterocycles. The average Bonchev–Trinajstić information content (AvgIpc) is 3.25. The summed E-state index contributed by atoms with van der Waals surface area (Å²) in [7, 11) is 0. The fourth-order valence-corrected chi connectivity index (χ4v) is 3.72. The maximum absolute atomic E-state index is 6.04. The second kappa shape index (κ2) is 5.64. The van der Waals surface area contributed by atoms with E-state index in [9.17, 15) is 0 Å². The summed E-state index contributed by atoms with van der Waals surface area (Å²) in [6.45, 7) is 0.943. The molecule has 1 aliphatic heterocycles. The molecule has 0 amide bonds. The smallest absolute Gasteiger partial charge is 0.133 e. The van der Waals surface area contributed by atoms with Crippen molar-refractivity contribution in [1.29, 1.82) is 0 Å². The third-order valence-electron chi connectivity index (χ3n) is 4.77. The largest absolute Gasteiger partial charge is 0.369 e. The van der Waals surface area contributed by atoms with Crippen molar-refractivity contribution in [3.63, 3.8) is 0 Å². The predicted octanol–water partition coefficient (Wildman–Crippen LogP) is 5.31. The molecule has 122 valence electrons. The lowest BCUT2D eigenvalue weighted by atomic mass is 9.99. The zero-order chi connectivity index (χ0) is 16.8. The minimum atomic E-state index is 0.731. The van der Waals surface area contributed by atoms with Crippen LogP contribution in [0.5, 0.6) is 0 Å². The Morgan fingerprint density at radius 3 is 2.60 bits per heavy atom. The Bertz CT molecular complexity index is 1070. The molecule has 1 aromatic heterocycles. The number of hydrogen-bond acceptors (Lipinski definition) is 2. The van der Waals surface area contributed by atoms with Crippen LogP contribution in [-0.4, -0.2) is 16.3 Å². The molecular weight excluding hydrogens is 330 g/mol. The van der Waals surface area contributed by atoms with Crippen LogP contribution < -0.4 is 5.32 Å². The number of rotatable bonds is 2. The molecule has 0 unspecified atom stereocenters. The summed E-state index contributed by atoms with van der Waals surface area (Å²) in [4.78, 5) is 0. The molecule has 1 N–H and O–H groups in total. The summed E-state index contributed by atoms with van der Waals surface area (Å²) in [6, 6.07) is 22.7. The fraction of sp³-hybridized carbons (Fsp3) is 0.0952. The Balaban J connectivity index is 1.75. The summed E-state index contributed by atoms with van der Waals surface area (Å²) in [5, 5.41) is 11.7. The summed E-state index contributed by atoms with van der Waals surface area (Å²) in [5.74, 6) is 1.09. The van der Waals surface area contributed by atoms with E-state index in [1.807, 2.05) is 28.9 Å². The second-order valence-electron chi connectivity index (χ2n) is 6.27. The summed E-state index contributed by atoms with van der Waals surface area (Å²) < 4.78 is 2.00. The van der Waals surface area contributed by atoms with Crippen molar-refractivity contribution in [2.75, 3.05) is 11.9 Å². The van der Waals surface area contributed by atoms with Gasteiger partial charge in [0, 0.05) is 22.7 Å². The first-order chi connectivity index (χ1) is 12.3. The first-order valence-corrected chi connectivity index (χ1v) is 8.79. The first-order valence-electron chi connectivity index (χ1n) is 8.41. The molecule has 0 fully saturated rings. The summed E-state index contributed by atoms with van der Waals surface area (Å²) in [5.41, 5.74) is 4.55. The number of hydrogen-bond donors (Lipinski definition) is 1. The molecule has 4 aromatic rings. The van der Waals surface area contributed by atoms with E-state index in [1.54, 1.807) is 0 Å². The highest BCUT2D eigenvalue weighted by molar-refractivity contribution is 6.30. The van der Waals surface area contributed by atoms with Gasteiger partial charge < -0.3 is 5.32 Å². The standard InChI is InChI=1S/C21H16ClN3/c22-15-8-10-16(11-9-15)25-21-19(12-13-23-21)20(24-25)18-7-3-5-14-4-1-2-6-17(14)18/h1-11,23H,12-13H2. The molecule has 0 spiro atoms. The van der Waals surface area contributed by atoms with Gasteiger partial charge in [-0.05, 0) is 41.5 Å². The Morgan fingerprint density at radius 1 is 0.920 bits per heavy atom. The van der Waals surface area contributed by atoms with Crippen LogP contribution in [0.2, 0.25) is 5.02 Å². The molecule has 3 aromatic carbocycles. The number of aromatic nitrogens is 2. The maximum Gasteiger partial charge on any atom is 0.133 e. The molecule has 1 aliphatic rings. The zero-order valence-electron chi connectivity index (χ0n) is 13.5. The Kier molecular flexibility index (Phi) is 3.28. The van der Waals surface area contributed by atoms with Gasteiger partial charge in [-0.1, -0.05) is 54.1 Å². The van der Waals surface area contributed by atoms with Crippen LogP contribution in [0, 0.1) is 0 Å². The minimum absolute atomic E-state index is 0.731. The van der Waals surface area contributed by atoms with Crippen molar-refractivity contribution >= 4 is 28.2 Å². The van der Waals surface area contributed by atoms with Gasteiger partial charge in [-0.2, -0.15) is 5.10 Å². The number of nitrogens with zero attached hydrogens (tertiary/aromatic N) is 2. The number of fused-ring (bicyclic) bond motifs is 2. The number of nitrogens with one attached hydrogen (secondary N) is 1. The first kappa shape index (κ1) is 14.6. The number of halogens is 1. The number of benzene rings is 3. The third-order valence-corrected chi connectivity index (χ3v) is 5.02. The predicted molar refractivity (Wildman–Crippen MR) is 104 cm³/mol. The molecule has 0 radical (unpaired) electrons. The molecule has 0 aliphatic carbocycles. The van der Waals surface area contributed by atoms with Gasteiger partial charge in [-0.3, -0.25) is 0 Å². The van der Waals surface area contributed by atoms with Gasteiger partial charge >= 0.3 is 0 Å². The summed E-state index contributed by atoms with van der Waals surface area (Å²) in [6.07, 6.45) is 0.988. The fourth-order valence-electron chi connectivity index (χ4n) is 3.59. The van der Waals surface area contributed by atoms with E-state index in [2.05, 4.69) is 47.8 Å². The van der Waals surface area contributed by atoms with Crippen LogP contribution in [0.25, 0.3) is 27.7 Å². The highest BCUT2D eigenvalue weighted by atomic mass is 35.5. The average molecular weight is 346 g/mol. The molecule has 0 saturated heterocycles. The molecule has 25 heavy (non-hydrogen) atoms. The monoisotopic (exact) mass is 345 g/mol. The van der Waals surface area contributed by atoms with Gasteiger partial charge in [0.25, 0.3) is 0 Å². The van der Waals surface area contributed by atoms with Crippen molar-refractivity contribution in [3.8, 4) is 16.9 Å². The lowest BCUT2D eigenvalue weighted by Gasteiger charge is -2.07. The minimum Gasteiger partial charge on any atom is -0.369 e. The molecule has 5 rings (SSSR count). The lowest BCUT2D eigenvalue weighted by Crippen LogP contribution is -2.04. The van der Waals surface area contributed by atoms with E-state index in [0.29, 0.717) is 0 Å². The normalized spacial score (nSPS) is 13.0. The van der Waals surface area contributed by atoms with Gasteiger partial charge in [0.05, 0.1) is 11.4 Å². The van der Waals surface area contributed by atoms with Crippen LogP contribution in [0.4, 0.5) is 5.82 Å². The van der Waals surface area contributed by atoms with Crippen LogP contribution in [0.15, 0.2) is 66.7 Å². The molecule has 4 heteroatoms. The highest BCUT2D eigenvalue weighted by Crippen LogP contribution is 2.37. The van der Waals surface area contributed by atoms with E-state index < -0.39 is 0 Å². The van der Waals surface area contributed by atoms with E-state index in [4.69, 9.17) is 16.7 Å². The quantitative estimate of drug-likeness (QED) is 0.533. The van der Waals surface area contributed by atoms with E-state index in [-0.39, 0.29) is 0 Å². The van der Waals surface area contributed by atoms with Crippen LogP contribution in [0.3, 0.4) is 0 Å². The summed E-state index contributed by atoms with van der Waals surface area (Å²) >= 11 is 6.04. The Hall–Kier alpha value is -2.78. The molecule has 0 atom stereocenters. The molecule has 0 saturated carbocycles.